The van der Waals surface area contributed by atoms with E-state index >= 15 is 0 Å². The number of hydrogen-bond acceptors (Lipinski definition) is 7. The predicted molar refractivity (Wildman–Crippen MR) is 122 cm³/mol. The van der Waals surface area contributed by atoms with Gasteiger partial charge in [0.15, 0.2) is 11.5 Å². The molecule has 0 amide bonds. The summed E-state index contributed by atoms with van der Waals surface area (Å²) < 4.78 is 3.32. The predicted octanol–water partition coefficient (Wildman–Crippen LogP) is 2.75. The molecule has 0 radical (unpaired) electrons. The summed E-state index contributed by atoms with van der Waals surface area (Å²) in [6.07, 6.45) is 7.04. The van der Waals surface area contributed by atoms with Gasteiger partial charge in [0.25, 0.3) is 5.56 Å². The number of hydrogen-bond donors (Lipinski definition) is 0. The van der Waals surface area contributed by atoms with E-state index in [0.29, 0.717) is 12.2 Å². The Labute approximate surface area is 188 Å². The lowest BCUT2D eigenvalue weighted by atomic mass is 10.0. The first kappa shape index (κ1) is 19.2. The third kappa shape index (κ3) is 3.03. The van der Waals surface area contributed by atoms with Crippen molar-refractivity contribution in [1.29, 1.82) is 0 Å². The summed E-state index contributed by atoms with van der Waals surface area (Å²) in [6, 6.07) is 6.14. The van der Waals surface area contributed by atoms with E-state index in [2.05, 4.69) is 31.0 Å². The second-order valence-corrected chi connectivity index (χ2v) is 8.63. The van der Waals surface area contributed by atoms with Crippen LogP contribution in [-0.4, -0.2) is 42.5 Å². The van der Waals surface area contributed by atoms with Crippen molar-refractivity contribution in [3.63, 3.8) is 0 Å². The van der Waals surface area contributed by atoms with Gasteiger partial charge in [-0.15, -0.1) is 5.10 Å². The molecule has 162 valence electrons. The van der Waals surface area contributed by atoms with Gasteiger partial charge in [-0.2, -0.15) is 9.61 Å². The second kappa shape index (κ2) is 7.30. The summed E-state index contributed by atoms with van der Waals surface area (Å²) in [5.74, 6) is 1.86. The number of pyridine rings is 1. The Kier molecular flexibility index (Phi) is 4.39. The Bertz CT molecular complexity index is 1410. The standard InChI is InChI=1S/C22H21ClN8O/c1-14-9-19-25-12-17(23)22(32)31(19)27-21(14)28-8-4-18-15(13-28)10-16(11-24-18)29-6-2-7-30-20(29)3-5-26-30/h3,5,9-12H,2,4,6-8,13H2,1H3. The Balaban J connectivity index is 1.36. The smallest absolute Gasteiger partial charge is 0.293 e. The molecule has 0 unspecified atom stereocenters. The van der Waals surface area contributed by atoms with E-state index in [4.69, 9.17) is 16.6 Å². The molecule has 6 heterocycles. The van der Waals surface area contributed by atoms with Crippen LogP contribution >= 0.6 is 11.6 Å². The molecular formula is C22H21ClN8O. The summed E-state index contributed by atoms with van der Waals surface area (Å²) in [7, 11) is 0. The first-order chi connectivity index (χ1) is 15.6. The van der Waals surface area contributed by atoms with E-state index < -0.39 is 0 Å². The van der Waals surface area contributed by atoms with Crippen LogP contribution in [0, 0.1) is 6.92 Å². The molecule has 0 aliphatic carbocycles. The molecule has 0 saturated carbocycles. The molecule has 2 aliphatic heterocycles. The van der Waals surface area contributed by atoms with Crippen LogP contribution in [0.3, 0.4) is 0 Å². The molecule has 0 saturated heterocycles. The van der Waals surface area contributed by atoms with Gasteiger partial charge in [-0.25, -0.2) is 9.67 Å². The van der Waals surface area contributed by atoms with Crippen LogP contribution in [0.4, 0.5) is 17.3 Å². The summed E-state index contributed by atoms with van der Waals surface area (Å²) in [5, 5.41) is 9.08. The first-order valence-corrected chi connectivity index (χ1v) is 11.0. The normalized spacial score (nSPS) is 15.7. The second-order valence-electron chi connectivity index (χ2n) is 8.22. The lowest BCUT2D eigenvalue weighted by molar-refractivity contribution is 0.541. The number of aryl methyl sites for hydroxylation is 2. The Morgan fingerprint density at radius 3 is 2.91 bits per heavy atom. The number of rotatable bonds is 2. The van der Waals surface area contributed by atoms with Gasteiger partial charge in [0, 0.05) is 44.4 Å². The van der Waals surface area contributed by atoms with E-state index in [9.17, 15) is 4.79 Å². The monoisotopic (exact) mass is 448 g/mol. The molecule has 0 N–H and O–H groups in total. The SMILES string of the molecule is Cc1cc2ncc(Cl)c(=O)n2nc1N1CCc2ncc(N3CCCn4nccc43)cc2C1. The van der Waals surface area contributed by atoms with Gasteiger partial charge in [-0.05, 0) is 36.6 Å². The number of halogens is 1. The zero-order valence-corrected chi connectivity index (χ0v) is 18.3. The van der Waals surface area contributed by atoms with Crippen LogP contribution in [0.25, 0.3) is 5.65 Å². The van der Waals surface area contributed by atoms with Gasteiger partial charge < -0.3 is 9.80 Å². The summed E-state index contributed by atoms with van der Waals surface area (Å²) in [4.78, 5) is 25.9. The van der Waals surface area contributed by atoms with Crippen LogP contribution in [0.15, 0.2) is 41.6 Å². The average Bonchev–Trinajstić information content (AvgIpc) is 3.30. The fourth-order valence-corrected chi connectivity index (χ4v) is 4.73. The van der Waals surface area contributed by atoms with Crippen molar-refractivity contribution < 1.29 is 0 Å². The Hall–Kier alpha value is -3.46. The molecule has 4 aromatic rings. The highest BCUT2D eigenvalue weighted by Gasteiger charge is 2.24. The lowest BCUT2D eigenvalue weighted by Gasteiger charge is -2.33. The minimum absolute atomic E-state index is 0.0587. The minimum atomic E-state index is -0.360. The van der Waals surface area contributed by atoms with Crippen molar-refractivity contribution in [1.82, 2.24) is 29.4 Å². The van der Waals surface area contributed by atoms with Gasteiger partial charge in [0.2, 0.25) is 0 Å². The van der Waals surface area contributed by atoms with Crippen molar-refractivity contribution in [2.75, 3.05) is 22.9 Å². The molecule has 0 fully saturated rings. The topological polar surface area (TPSA) is 84.5 Å². The van der Waals surface area contributed by atoms with Gasteiger partial charge >= 0.3 is 0 Å². The van der Waals surface area contributed by atoms with E-state index in [1.54, 1.807) is 0 Å². The molecule has 2 aliphatic rings. The Morgan fingerprint density at radius 2 is 2.00 bits per heavy atom. The Morgan fingerprint density at radius 1 is 1.09 bits per heavy atom. The largest absolute Gasteiger partial charge is 0.350 e. The quantitative estimate of drug-likeness (QED) is 0.466. The average molecular weight is 449 g/mol. The lowest BCUT2D eigenvalue weighted by Crippen LogP contribution is -2.34. The first-order valence-electron chi connectivity index (χ1n) is 10.7. The fourth-order valence-electron chi connectivity index (χ4n) is 4.60. The molecule has 0 bridgehead atoms. The molecule has 0 aromatic carbocycles. The van der Waals surface area contributed by atoms with Crippen molar-refractivity contribution in [2.45, 2.75) is 32.9 Å². The van der Waals surface area contributed by atoms with Crippen LogP contribution in [0.5, 0.6) is 0 Å². The summed E-state index contributed by atoms with van der Waals surface area (Å²) in [5.41, 5.74) is 4.44. The molecular weight excluding hydrogens is 428 g/mol. The highest BCUT2D eigenvalue weighted by Crippen LogP contribution is 2.32. The van der Waals surface area contributed by atoms with E-state index in [-0.39, 0.29) is 10.6 Å². The third-order valence-corrected chi connectivity index (χ3v) is 6.43. The summed E-state index contributed by atoms with van der Waals surface area (Å²) >= 11 is 5.98. The van der Waals surface area contributed by atoms with Crippen molar-refractivity contribution in [3.8, 4) is 0 Å². The van der Waals surface area contributed by atoms with Crippen molar-refractivity contribution in [2.24, 2.45) is 0 Å². The molecule has 0 spiro atoms. The van der Waals surface area contributed by atoms with Crippen LogP contribution in [-0.2, 0) is 19.5 Å². The van der Waals surface area contributed by atoms with Gasteiger partial charge in [-0.3, -0.25) is 9.78 Å². The molecule has 10 heteroatoms. The van der Waals surface area contributed by atoms with Crippen LogP contribution in [0.2, 0.25) is 5.02 Å². The summed E-state index contributed by atoms with van der Waals surface area (Å²) in [6.45, 7) is 5.32. The van der Waals surface area contributed by atoms with Gasteiger partial charge in [0.1, 0.15) is 10.8 Å². The van der Waals surface area contributed by atoms with E-state index in [1.807, 2.05) is 36.1 Å². The molecule has 32 heavy (non-hydrogen) atoms. The molecule has 6 rings (SSSR count). The van der Waals surface area contributed by atoms with Gasteiger partial charge in [0.05, 0.1) is 24.3 Å². The number of anilines is 3. The molecule has 0 atom stereocenters. The third-order valence-electron chi connectivity index (χ3n) is 6.18. The molecule has 4 aromatic heterocycles. The maximum Gasteiger partial charge on any atom is 0.293 e. The van der Waals surface area contributed by atoms with Gasteiger partial charge in [-0.1, -0.05) is 11.6 Å². The van der Waals surface area contributed by atoms with Crippen molar-refractivity contribution in [3.05, 3.63) is 69.0 Å². The number of fused-ring (bicyclic) bond motifs is 3. The van der Waals surface area contributed by atoms with Crippen molar-refractivity contribution >= 4 is 34.6 Å². The highest BCUT2D eigenvalue weighted by atomic mass is 35.5. The van der Waals surface area contributed by atoms with Crippen LogP contribution < -0.4 is 15.4 Å². The minimum Gasteiger partial charge on any atom is -0.350 e. The van der Waals surface area contributed by atoms with E-state index in [1.165, 1.54) is 16.3 Å². The maximum absolute atomic E-state index is 12.5. The zero-order valence-electron chi connectivity index (χ0n) is 17.6. The maximum atomic E-state index is 12.5. The zero-order chi connectivity index (χ0) is 21.8. The van der Waals surface area contributed by atoms with E-state index in [0.717, 1.165) is 61.1 Å². The van der Waals surface area contributed by atoms with Crippen LogP contribution in [0.1, 0.15) is 23.2 Å². The number of nitrogens with zero attached hydrogens (tertiary/aromatic N) is 8. The molecule has 9 nitrogen and oxygen atoms in total. The highest BCUT2D eigenvalue weighted by molar-refractivity contribution is 6.30. The number of aromatic nitrogens is 6. The fraction of sp³-hybridized carbons (Fsp3) is 0.318.